The Balaban J connectivity index is 2.48. The summed E-state index contributed by atoms with van der Waals surface area (Å²) in [5.41, 5.74) is 1.94. The number of furan rings is 1. The van der Waals surface area contributed by atoms with Crippen molar-refractivity contribution in [3.8, 4) is 0 Å². The van der Waals surface area contributed by atoms with Gasteiger partial charge in [-0.3, -0.25) is 0 Å². The van der Waals surface area contributed by atoms with Crippen LogP contribution in [0, 0.1) is 6.92 Å². The summed E-state index contributed by atoms with van der Waals surface area (Å²) in [7, 11) is 3.74. The monoisotopic (exact) mass is 275 g/mol. The Bertz CT molecular complexity index is 561. The molecule has 0 fully saturated rings. The summed E-state index contributed by atoms with van der Waals surface area (Å²) in [6, 6.07) is 8.44. The lowest BCUT2D eigenvalue weighted by Gasteiger charge is -2.37. The smallest absolute Gasteiger partial charge is 0.134 e. The number of aryl methyl sites for hydroxylation is 1. The van der Waals surface area contributed by atoms with Crippen LogP contribution in [0.25, 0.3) is 11.0 Å². The maximum absolute atomic E-state index is 6.05. The third-order valence-electron chi connectivity index (χ3n) is 4.39. The highest BCUT2D eigenvalue weighted by Gasteiger charge is 2.38. The van der Waals surface area contributed by atoms with E-state index in [1.165, 1.54) is 5.56 Å². The van der Waals surface area contributed by atoms with Gasteiger partial charge in [0.1, 0.15) is 11.3 Å². The van der Waals surface area contributed by atoms with Crippen molar-refractivity contribution in [1.29, 1.82) is 0 Å². The zero-order chi connectivity index (χ0) is 14.8. The van der Waals surface area contributed by atoms with E-state index in [4.69, 9.17) is 9.15 Å². The van der Waals surface area contributed by atoms with Gasteiger partial charge in [0, 0.05) is 12.5 Å². The fourth-order valence-electron chi connectivity index (χ4n) is 3.05. The van der Waals surface area contributed by atoms with Gasteiger partial charge in [0.2, 0.25) is 0 Å². The molecule has 20 heavy (non-hydrogen) atoms. The number of hydrogen-bond acceptors (Lipinski definition) is 3. The van der Waals surface area contributed by atoms with Crippen molar-refractivity contribution < 1.29 is 9.15 Å². The van der Waals surface area contributed by atoms with E-state index in [0.717, 1.165) is 29.6 Å². The number of rotatable bonds is 6. The van der Waals surface area contributed by atoms with Crippen LogP contribution in [0.2, 0.25) is 0 Å². The number of fused-ring (bicyclic) bond motifs is 1. The standard InChI is InChI=1S/C17H25NO2/c1-6-17(7-2,19-5)16(18-4)15-11-13-10-12(3)8-9-14(13)20-15/h8-11,16,18H,6-7H2,1-5H3. The van der Waals surface area contributed by atoms with Crippen molar-refractivity contribution in [2.24, 2.45) is 0 Å². The number of methoxy groups -OCH3 is 1. The summed E-state index contributed by atoms with van der Waals surface area (Å²) in [6.45, 7) is 6.41. The van der Waals surface area contributed by atoms with E-state index in [1.54, 1.807) is 7.11 Å². The highest BCUT2D eigenvalue weighted by Crippen LogP contribution is 2.37. The number of benzene rings is 1. The van der Waals surface area contributed by atoms with Crippen molar-refractivity contribution in [2.45, 2.75) is 45.3 Å². The number of hydrogen-bond donors (Lipinski definition) is 1. The molecule has 1 unspecified atom stereocenters. The van der Waals surface area contributed by atoms with E-state index in [9.17, 15) is 0 Å². The summed E-state index contributed by atoms with van der Waals surface area (Å²) in [4.78, 5) is 0. The van der Waals surface area contributed by atoms with Gasteiger partial charge in [-0.15, -0.1) is 0 Å². The van der Waals surface area contributed by atoms with Crippen molar-refractivity contribution in [2.75, 3.05) is 14.2 Å². The van der Waals surface area contributed by atoms with Crippen molar-refractivity contribution in [3.63, 3.8) is 0 Å². The molecule has 110 valence electrons. The van der Waals surface area contributed by atoms with Crippen LogP contribution in [-0.4, -0.2) is 19.8 Å². The second kappa shape index (κ2) is 5.98. The molecule has 1 aromatic carbocycles. The second-order valence-electron chi connectivity index (χ2n) is 5.39. The lowest BCUT2D eigenvalue weighted by molar-refractivity contribution is -0.0514. The van der Waals surface area contributed by atoms with Crippen LogP contribution in [-0.2, 0) is 4.74 Å². The number of nitrogens with one attached hydrogen (secondary N) is 1. The molecule has 1 N–H and O–H groups in total. The van der Waals surface area contributed by atoms with Gasteiger partial charge in [0.05, 0.1) is 11.6 Å². The molecule has 3 heteroatoms. The molecule has 3 nitrogen and oxygen atoms in total. The predicted molar refractivity (Wildman–Crippen MR) is 83.1 cm³/mol. The summed E-state index contributed by atoms with van der Waals surface area (Å²) >= 11 is 0. The lowest BCUT2D eigenvalue weighted by atomic mass is 9.86. The molecule has 2 aromatic rings. The van der Waals surface area contributed by atoms with Gasteiger partial charge >= 0.3 is 0 Å². The Morgan fingerprint density at radius 3 is 2.50 bits per heavy atom. The molecule has 0 aliphatic heterocycles. The predicted octanol–water partition coefficient (Wildman–Crippen LogP) is 4.21. The van der Waals surface area contributed by atoms with Gasteiger partial charge < -0.3 is 14.5 Å². The quantitative estimate of drug-likeness (QED) is 0.857. The van der Waals surface area contributed by atoms with E-state index in [0.29, 0.717) is 0 Å². The first kappa shape index (κ1) is 15.1. The summed E-state index contributed by atoms with van der Waals surface area (Å²) < 4.78 is 11.9. The van der Waals surface area contributed by atoms with Crippen LogP contribution >= 0.6 is 0 Å². The van der Waals surface area contributed by atoms with Gasteiger partial charge in [-0.2, -0.15) is 0 Å². The molecule has 1 aromatic heterocycles. The van der Waals surface area contributed by atoms with Gasteiger partial charge in [-0.25, -0.2) is 0 Å². The SMILES string of the molecule is CCC(CC)(OC)C(NC)c1cc2cc(C)ccc2o1. The van der Waals surface area contributed by atoms with Crippen LogP contribution in [0.15, 0.2) is 28.7 Å². The highest BCUT2D eigenvalue weighted by atomic mass is 16.5. The lowest BCUT2D eigenvalue weighted by Crippen LogP contribution is -2.43. The third kappa shape index (κ3) is 2.48. The van der Waals surface area contributed by atoms with Crippen LogP contribution < -0.4 is 5.32 Å². The molecule has 2 rings (SSSR count). The van der Waals surface area contributed by atoms with E-state index < -0.39 is 0 Å². The normalized spacial score (nSPS) is 13.8. The topological polar surface area (TPSA) is 34.4 Å². The van der Waals surface area contributed by atoms with E-state index in [1.807, 2.05) is 13.1 Å². The molecule has 1 heterocycles. The van der Waals surface area contributed by atoms with Gasteiger partial charge in [-0.1, -0.05) is 25.5 Å². The van der Waals surface area contributed by atoms with Gasteiger partial charge in [0.25, 0.3) is 0 Å². The Morgan fingerprint density at radius 2 is 1.95 bits per heavy atom. The van der Waals surface area contributed by atoms with Crippen LogP contribution in [0.5, 0.6) is 0 Å². The van der Waals surface area contributed by atoms with Crippen LogP contribution in [0.4, 0.5) is 0 Å². The summed E-state index contributed by atoms with van der Waals surface area (Å²) in [5, 5.41) is 4.52. The maximum atomic E-state index is 6.05. The van der Waals surface area contributed by atoms with E-state index in [-0.39, 0.29) is 11.6 Å². The van der Waals surface area contributed by atoms with Gasteiger partial charge in [0.15, 0.2) is 0 Å². The highest BCUT2D eigenvalue weighted by molar-refractivity contribution is 5.78. The minimum Gasteiger partial charge on any atom is -0.459 e. The van der Waals surface area contributed by atoms with E-state index >= 15 is 0 Å². The first-order valence-corrected chi connectivity index (χ1v) is 7.32. The third-order valence-corrected chi connectivity index (χ3v) is 4.39. The molecular formula is C17H25NO2. The zero-order valence-corrected chi connectivity index (χ0v) is 13.1. The molecular weight excluding hydrogens is 250 g/mol. The molecule has 1 atom stereocenters. The average Bonchev–Trinajstić information content (AvgIpc) is 2.87. The fourth-order valence-corrected chi connectivity index (χ4v) is 3.05. The largest absolute Gasteiger partial charge is 0.459 e. The van der Waals surface area contributed by atoms with Crippen LogP contribution in [0.1, 0.15) is 44.1 Å². The average molecular weight is 275 g/mol. The zero-order valence-electron chi connectivity index (χ0n) is 13.1. The Labute approximate surface area is 121 Å². The Morgan fingerprint density at radius 1 is 1.25 bits per heavy atom. The Kier molecular flexibility index (Phi) is 4.51. The molecule has 0 amide bonds. The van der Waals surface area contributed by atoms with Crippen molar-refractivity contribution in [3.05, 3.63) is 35.6 Å². The van der Waals surface area contributed by atoms with Crippen molar-refractivity contribution >= 4 is 11.0 Å². The molecule has 0 saturated carbocycles. The minimum atomic E-state index is -0.238. The second-order valence-corrected chi connectivity index (χ2v) is 5.39. The molecule has 0 saturated heterocycles. The Hall–Kier alpha value is -1.32. The van der Waals surface area contributed by atoms with Gasteiger partial charge in [-0.05, 0) is 45.0 Å². The first-order chi connectivity index (χ1) is 9.60. The van der Waals surface area contributed by atoms with Crippen molar-refractivity contribution in [1.82, 2.24) is 5.32 Å². The van der Waals surface area contributed by atoms with E-state index in [2.05, 4.69) is 44.3 Å². The fraction of sp³-hybridized carbons (Fsp3) is 0.529. The summed E-state index contributed by atoms with van der Waals surface area (Å²) in [5.74, 6) is 0.943. The summed E-state index contributed by atoms with van der Waals surface area (Å²) in [6.07, 6.45) is 1.86. The molecule has 0 aliphatic carbocycles. The first-order valence-electron chi connectivity index (χ1n) is 7.32. The molecule has 0 bridgehead atoms. The number of ether oxygens (including phenoxy) is 1. The molecule has 0 spiro atoms. The van der Waals surface area contributed by atoms with Crippen LogP contribution in [0.3, 0.4) is 0 Å². The molecule has 0 aliphatic rings. The molecule has 0 radical (unpaired) electrons. The maximum Gasteiger partial charge on any atom is 0.134 e. The minimum absolute atomic E-state index is 0.0511. The number of likely N-dealkylation sites (N-methyl/N-ethyl adjacent to an activating group) is 1.